The summed E-state index contributed by atoms with van der Waals surface area (Å²) in [7, 11) is 0. The van der Waals surface area contributed by atoms with E-state index < -0.39 is 0 Å². The second-order valence-electron chi connectivity index (χ2n) is 5.37. The van der Waals surface area contributed by atoms with Crippen molar-refractivity contribution in [3.63, 3.8) is 0 Å². The third kappa shape index (κ3) is 3.81. The smallest absolute Gasteiger partial charge is 0.0843 e. The average Bonchev–Trinajstić information content (AvgIpc) is 2.47. The first-order chi connectivity index (χ1) is 9.76. The lowest BCUT2D eigenvalue weighted by Gasteiger charge is -2.32. The van der Waals surface area contributed by atoms with Crippen LogP contribution in [-0.4, -0.2) is 31.9 Å². The van der Waals surface area contributed by atoms with Crippen LogP contribution in [0.1, 0.15) is 44.4 Å². The highest BCUT2D eigenvalue weighted by molar-refractivity contribution is 5.31. The largest absolute Gasteiger partial charge is 0.377 e. The summed E-state index contributed by atoms with van der Waals surface area (Å²) in [5.41, 5.74) is 2.79. The van der Waals surface area contributed by atoms with Gasteiger partial charge in [-0.05, 0) is 44.4 Å². The number of ether oxygens (including phenoxy) is 2. The van der Waals surface area contributed by atoms with Gasteiger partial charge in [0, 0.05) is 12.6 Å². The molecule has 3 unspecified atom stereocenters. The number of benzene rings is 1. The molecule has 112 valence electrons. The van der Waals surface area contributed by atoms with Gasteiger partial charge in [0.1, 0.15) is 0 Å². The van der Waals surface area contributed by atoms with Gasteiger partial charge in [0.2, 0.25) is 0 Å². The topological polar surface area (TPSA) is 30.5 Å². The molecule has 3 nitrogen and oxygen atoms in total. The van der Waals surface area contributed by atoms with Crippen molar-refractivity contribution in [3.05, 3.63) is 35.4 Å². The molecule has 0 bridgehead atoms. The third-order valence-electron chi connectivity index (χ3n) is 4.02. The molecule has 2 rings (SSSR count). The Labute approximate surface area is 122 Å². The standard InChI is InChI=1S/C17H27NO2/c1-4-18-16(13(3)19-5-2)12-17-15-9-7-6-8-14(15)10-11-20-17/h6-9,13,16-18H,4-5,10-12H2,1-3H3. The molecule has 0 saturated carbocycles. The van der Waals surface area contributed by atoms with Crippen molar-refractivity contribution in [2.24, 2.45) is 0 Å². The summed E-state index contributed by atoms with van der Waals surface area (Å²) in [6.07, 6.45) is 2.38. The van der Waals surface area contributed by atoms with Crippen LogP contribution in [0.25, 0.3) is 0 Å². The van der Waals surface area contributed by atoms with Crippen LogP contribution < -0.4 is 5.32 Å². The summed E-state index contributed by atoms with van der Waals surface area (Å²) in [4.78, 5) is 0. The van der Waals surface area contributed by atoms with Crippen molar-refractivity contribution in [2.75, 3.05) is 19.8 Å². The second kappa shape index (κ2) is 7.77. The molecule has 1 aromatic rings. The lowest BCUT2D eigenvalue weighted by Crippen LogP contribution is -2.41. The number of fused-ring (bicyclic) bond motifs is 1. The molecular formula is C17H27NO2. The zero-order chi connectivity index (χ0) is 14.4. The van der Waals surface area contributed by atoms with Crippen molar-refractivity contribution in [1.82, 2.24) is 5.32 Å². The quantitative estimate of drug-likeness (QED) is 0.831. The zero-order valence-electron chi connectivity index (χ0n) is 12.9. The third-order valence-corrected chi connectivity index (χ3v) is 4.02. The number of likely N-dealkylation sites (N-methyl/N-ethyl adjacent to an activating group) is 1. The van der Waals surface area contributed by atoms with Gasteiger partial charge in [-0.3, -0.25) is 0 Å². The minimum Gasteiger partial charge on any atom is -0.377 e. The molecule has 3 atom stereocenters. The van der Waals surface area contributed by atoms with E-state index in [-0.39, 0.29) is 12.2 Å². The van der Waals surface area contributed by atoms with Gasteiger partial charge in [0.15, 0.2) is 0 Å². The Morgan fingerprint density at radius 1 is 1.35 bits per heavy atom. The van der Waals surface area contributed by atoms with Crippen LogP contribution in [0.3, 0.4) is 0 Å². The first-order valence-electron chi connectivity index (χ1n) is 7.80. The van der Waals surface area contributed by atoms with E-state index in [1.165, 1.54) is 11.1 Å². The van der Waals surface area contributed by atoms with Crippen molar-refractivity contribution in [2.45, 2.75) is 51.9 Å². The van der Waals surface area contributed by atoms with Crippen molar-refractivity contribution in [1.29, 1.82) is 0 Å². The van der Waals surface area contributed by atoms with Crippen LogP contribution in [0.4, 0.5) is 0 Å². The van der Waals surface area contributed by atoms with Crippen LogP contribution >= 0.6 is 0 Å². The molecule has 1 aromatic carbocycles. The zero-order valence-corrected chi connectivity index (χ0v) is 12.9. The van der Waals surface area contributed by atoms with E-state index in [0.29, 0.717) is 6.04 Å². The Bertz CT molecular complexity index is 408. The average molecular weight is 277 g/mol. The van der Waals surface area contributed by atoms with Gasteiger partial charge in [-0.15, -0.1) is 0 Å². The molecule has 1 aliphatic heterocycles. The molecule has 1 heterocycles. The molecule has 0 spiro atoms. The Kier molecular flexibility index (Phi) is 6.02. The summed E-state index contributed by atoms with van der Waals surface area (Å²) in [6.45, 7) is 8.87. The first-order valence-corrected chi connectivity index (χ1v) is 7.80. The Morgan fingerprint density at radius 2 is 2.15 bits per heavy atom. The van der Waals surface area contributed by atoms with E-state index in [0.717, 1.165) is 32.6 Å². The predicted octanol–water partition coefficient (Wildman–Crippen LogP) is 3.09. The Balaban J connectivity index is 2.07. The minimum atomic E-state index is 0.187. The second-order valence-corrected chi connectivity index (χ2v) is 5.37. The maximum Gasteiger partial charge on any atom is 0.0843 e. The van der Waals surface area contributed by atoms with Gasteiger partial charge >= 0.3 is 0 Å². The molecule has 0 aromatic heterocycles. The van der Waals surface area contributed by atoms with Gasteiger partial charge in [-0.2, -0.15) is 0 Å². The lowest BCUT2D eigenvalue weighted by atomic mass is 9.92. The van der Waals surface area contributed by atoms with E-state index in [2.05, 4.69) is 43.4 Å². The number of rotatable bonds is 7. The molecule has 1 aliphatic rings. The molecule has 0 aliphatic carbocycles. The molecule has 0 radical (unpaired) electrons. The number of hydrogen-bond donors (Lipinski definition) is 1. The molecule has 0 fully saturated rings. The summed E-state index contributed by atoms with van der Waals surface area (Å²) in [5, 5.41) is 3.54. The van der Waals surface area contributed by atoms with Gasteiger partial charge in [-0.1, -0.05) is 31.2 Å². The SMILES string of the molecule is CCNC(CC1OCCc2ccccc21)C(C)OCC. The fraction of sp³-hybridized carbons (Fsp3) is 0.647. The maximum atomic E-state index is 6.01. The highest BCUT2D eigenvalue weighted by atomic mass is 16.5. The van der Waals surface area contributed by atoms with E-state index >= 15 is 0 Å². The van der Waals surface area contributed by atoms with E-state index in [1.54, 1.807) is 0 Å². The van der Waals surface area contributed by atoms with Crippen LogP contribution in [0, 0.1) is 0 Å². The lowest BCUT2D eigenvalue weighted by molar-refractivity contribution is -0.00328. The molecule has 0 amide bonds. The number of hydrogen-bond acceptors (Lipinski definition) is 3. The summed E-state index contributed by atoms with van der Waals surface area (Å²) in [5.74, 6) is 0. The fourth-order valence-electron chi connectivity index (χ4n) is 2.98. The van der Waals surface area contributed by atoms with Gasteiger partial charge in [-0.25, -0.2) is 0 Å². The normalized spacial score (nSPS) is 21.2. The summed E-state index contributed by atoms with van der Waals surface area (Å²) >= 11 is 0. The highest BCUT2D eigenvalue weighted by Crippen LogP contribution is 2.31. The minimum absolute atomic E-state index is 0.187. The summed E-state index contributed by atoms with van der Waals surface area (Å²) < 4.78 is 11.8. The van der Waals surface area contributed by atoms with E-state index in [4.69, 9.17) is 9.47 Å². The highest BCUT2D eigenvalue weighted by Gasteiger charge is 2.26. The molecular weight excluding hydrogens is 250 g/mol. The van der Waals surface area contributed by atoms with Gasteiger partial charge in [0.25, 0.3) is 0 Å². The van der Waals surface area contributed by atoms with Crippen LogP contribution in [0.5, 0.6) is 0 Å². The van der Waals surface area contributed by atoms with Crippen molar-refractivity contribution < 1.29 is 9.47 Å². The maximum absolute atomic E-state index is 6.01. The monoisotopic (exact) mass is 277 g/mol. The van der Waals surface area contributed by atoms with Gasteiger partial charge < -0.3 is 14.8 Å². The van der Waals surface area contributed by atoms with Crippen LogP contribution in [-0.2, 0) is 15.9 Å². The van der Waals surface area contributed by atoms with E-state index in [1.807, 2.05) is 6.92 Å². The fourth-order valence-corrected chi connectivity index (χ4v) is 2.98. The number of nitrogens with one attached hydrogen (secondary N) is 1. The van der Waals surface area contributed by atoms with Crippen LogP contribution in [0.2, 0.25) is 0 Å². The molecule has 20 heavy (non-hydrogen) atoms. The van der Waals surface area contributed by atoms with Crippen LogP contribution in [0.15, 0.2) is 24.3 Å². The molecule has 3 heteroatoms. The van der Waals surface area contributed by atoms with Gasteiger partial charge in [0.05, 0.1) is 18.8 Å². The van der Waals surface area contributed by atoms with Crippen molar-refractivity contribution >= 4 is 0 Å². The Morgan fingerprint density at radius 3 is 2.90 bits per heavy atom. The molecule has 0 saturated heterocycles. The van der Waals surface area contributed by atoms with Crippen molar-refractivity contribution in [3.8, 4) is 0 Å². The van der Waals surface area contributed by atoms with E-state index in [9.17, 15) is 0 Å². The summed E-state index contributed by atoms with van der Waals surface area (Å²) in [6, 6.07) is 8.98. The Hall–Kier alpha value is -0.900. The first kappa shape index (κ1) is 15.5. The molecule has 1 N–H and O–H groups in total. The predicted molar refractivity (Wildman–Crippen MR) is 82.0 cm³/mol.